The normalized spacial score (nSPS) is 10.8. The lowest BCUT2D eigenvalue weighted by atomic mass is 10.3. The number of nitrogens with one attached hydrogen (secondary N) is 1. The average Bonchev–Trinajstić information content (AvgIpc) is 2.64. The summed E-state index contributed by atoms with van der Waals surface area (Å²) in [5.74, 6) is 0. The highest BCUT2D eigenvalue weighted by molar-refractivity contribution is 9.10. The molecule has 19 heavy (non-hydrogen) atoms. The van der Waals surface area contributed by atoms with E-state index in [0.29, 0.717) is 11.6 Å². The van der Waals surface area contributed by atoms with Crippen molar-refractivity contribution in [3.63, 3.8) is 0 Å². The summed E-state index contributed by atoms with van der Waals surface area (Å²) in [4.78, 5) is 0. The summed E-state index contributed by atoms with van der Waals surface area (Å²) in [6, 6.07) is 5.72. The van der Waals surface area contributed by atoms with Gasteiger partial charge in [-0.25, -0.2) is 0 Å². The van der Waals surface area contributed by atoms with Crippen LogP contribution in [0.3, 0.4) is 0 Å². The van der Waals surface area contributed by atoms with Crippen molar-refractivity contribution in [2.24, 2.45) is 7.05 Å². The lowest BCUT2D eigenvalue weighted by molar-refractivity contribution is 0.707. The average molecular weight is 363 g/mol. The molecule has 0 aliphatic rings. The first-order valence-electron chi connectivity index (χ1n) is 5.92. The lowest BCUT2D eigenvalue weighted by Crippen LogP contribution is -2.06. The minimum absolute atomic E-state index is 0.587. The van der Waals surface area contributed by atoms with E-state index in [4.69, 9.17) is 23.2 Å². The minimum Gasteiger partial charge on any atom is -0.378 e. The SMILES string of the molecule is CCc1nn(C)c(CNc2ccc(Br)cc2Cl)c1Cl. The molecule has 2 aromatic rings. The zero-order chi connectivity index (χ0) is 14.0. The Morgan fingerprint density at radius 1 is 1.37 bits per heavy atom. The van der Waals surface area contributed by atoms with E-state index in [1.165, 1.54) is 0 Å². The molecular formula is C13H14BrCl2N3. The van der Waals surface area contributed by atoms with Gasteiger partial charge in [-0.3, -0.25) is 4.68 Å². The molecule has 0 fully saturated rings. The lowest BCUT2D eigenvalue weighted by Gasteiger charge is -2.09. The maximum absolute atomic E-state index is 6.30. The largest absolute Gasteiger partial charge is 0.378 e. The highest BCUT2D eigenvalue weighted by atomic mass is 79.9. The predicted molar refractivity (Wildman–Crippen MR) is 84.1 cm³/mol. The van der Waals surface area contributed by atoms with Crippen LogP contribution in [0.15, 0.2) is 22.7 Å². The van der Waals surface area contributed by atoms with Gasteiger partial charge in [0.25, 0.3) is 0 Å². The minimum atomic E-state index is 0.587. The zero-order valence-electron chi connectivity index (χ0n) is 10.7. The molecule has 0 saturated carbocycles. The second-order valence-corrected chi connectivity index (χ2v) is 5.86. The van der Waals surface area contributed by atoms with Crippen molar-refractivity contribution in [1.82, 2.24) is 9.78 Å². The van der Waals surface area contributed by atoms with Crippen LogP contribution in [0.1, 0.15) is 18.3 Å². The first-order valence-corrected chi connectivity index (χ1v) is 7.47. The van der Waals surface area contributed by atoms with Crippen LogP contribution < -0.4 is 5.32 Å². The van der Waals surface area contributed by atoms with Gasteiger partial charge < -0.3 is 5.32 Å². The Labute approximate surface area is 131 Å². The Bertz CT molecular complexity index is 596. The third-order valence-electron chi connectivity index (χ3n) is 2.88. The number of hydrogen-bond donors (Lipinski definition) is 1. The van der Waals surface area contributed by atoms with Gasteiger partial charge in [0, 0.05) is 11.5 Å². The van der Waals surface area contributed by atoms with Crippen LogP contribution in [0, 0.1) is 0 Å². The van der Waals surface area contributed by atoms with E-state index in [0.717, 1.165) is 33.0 Å². The topological polar surface area (TPSA) is 29.9 Å². The number of rotatable bonds is 4. The summed E-state index contributed by atoms with van der Waals surface area (Å²) in [6.45, 7) is 2.63. The van der Waals surface area contributed by atoms with E-state index >= 15 is 0 Å². The van der Waals surface area contributed by atoms with Gasteiger partial charge in [-0.15, -0.1) is 0 Å². The molecular weight excluding hydrogens is 349 g/mol. The van der Waals surface area contributed by atoms with Crippen molar-refractivity contribution in [3.8, 4) is 0 Å². The first kappa shape index (κ1) is 14.7. The van der Waals surface area contributed by atoms with E-state index in [9.17, 15) is 0 Å². The highest BCUT2D eigenvalue weighted by Crippen LogP contribution is 2.27. The fourth-order valence-electron chi connectivity index (χ4n) is 1.82. The van der Waals surface area contributed by atoms with Crippen molar-refractivity contribution >= 4 is 44.8 Å². The third kappa shape index (κ3) is 3.25. The van der Waals surface area contributed by atoms with E-state index in [1.807, 2.05) is 32.2 Å². The van der Waals surface area contributed by atoms with Crippen LogP contribution in [0.4, 0.5) is 5.69 Å². The molecule has 0 atom stereocenters. The molecule has 0 aliphatic carbocycles. The van der Waals surface area contributed by atoms with Crippen molar-refractivity contribution in [1.29, 1.82) is 0 Å². The van der Waals surface area contributed by atoms with Crippen molar-refractivity contribution in [2.45, 2.75) is 19.9 Å². The number of hydrogen-bond acceptors (Lipinski definition) is 2. The Morgan fingerprint density at radius 3 is 2.68 bits per heavy atom. The smallest absolute Gasteiger partial charge is 0.0868 e. The molecule has 1 N–H and O–H groups in total. The van der Waals surface area contributed by atoms with E-state index in [2.05, 4.69) is 26.3 Å². The van der Waals surface area contributed by atoms with E-state index < -0.39 is 0 Å². The Balaban J connectivity index is 2.16. The van der Waals surface area contributed by atoms with Gasteiger partial charge in [-0.2, -0.15) is 5.10 Å². The number of anilines is 1. The van der Waals surface area contributed by atoms with Crippen LogP contribution in [-0.2, 0) is 20.0 Å². The molecule has 1 aromatic carbocycles. The third-order valence-corrected chi connectivity index (χ3v) is 4.12. The predicted octanol–water partition coefficient (Wildman–Crippen LogP) is 4.66. The number of aromatic nitrogens is 2. The van der Waals surface area contributed by atoms with Crippen LogP contribution in [0.2, 0.25) is 10.0 Å². The molecule has 0 bridgehead atoms. The molecule has 6 heteroatoms. The first-order chi connectivity index (χ1) is 9.02. The zero-order valence-corrected chi connectivity index (χ0v) is 13.8. The molecule has 102 valence electrons. The molecule has 1 aromatic heterocycles. The molecule has 0 unspecified atom stereocenters. The second kappa shape index (κ2) is 6.16. The van der Waals surface area contributed by atoms with Gasteiger partial charge in [-0.1, -0.05) is 46.1 Å². The fraction of sp³-hybridized carbons (Fsp3) is 0.308. The molecule has 1 heterocycles. The molecule has 0 spiro atoms. The number of aryl methyl sites for hydroxylation is 2. The molecule has 0 aliphatic heterocycles. The molecule has 0 saturated heterocycles. The molecule has 0 amide bonds. The van der Waals surface area contributed by atoms with Crippen LogP contribution in [0.5, 0.6) is 0 Å². The highest BCUT2D eigenvalue weighted by Gasteiger charge is 2.13. The summed E-state index contributed by atoms with van der Waals surface area (Å²) < 4.78 is 2.76. The number of halogens is 3. The summed E-state index contributed by atoms with van der Waals surface area (Å²) in [5.41, 5.74) is 2.75. The Kier molecular flexibility index (Phi) is 4.76. The van der Waals surface area contributed by atoms with Crippen molar-refractivity contribution < 1.29 is 0 Å². The maximum Gasteiger partial charge on any atom is 0.0868 e. The molecule has 2 rings (SSSR count). The summed E-state index contributed by atoms with van der Waals surface area (Å²) in [7, 11) is 1.89. The Hall–Kier alpha value is -0.710. The number of nitrogens with zero attached hydrogens (tertiary/aromatic N) is 2. The molecule has 0 radical (unpaired) electrons. The standard InChI is InChI=1S/C13H14BrCl2N3/c1-3-10-13(16)12(19(2)18-10)7-17-11-5-4-8(14)6-9(11)15/h4-6,17H,3,7H2,1-2H3. The molecule has 3 nitrogen and oxygen atoms in total. The van der Waals surface area contributed by atoms with Crippen LogP contribution >= 0.6 is 39.1 Å². The number of benzene rings is 1. The van der Waals surface area contributed by atoms with Gasteiger partial charge in [-0.05, 0) is 24.6 Å². The van der Waals surface area contributed by atoms with Crippen molar-refractivity contribution in [2.75, 3.05) is 5.32 Å². The summed E-state index contributed by atoms with van der Waals surface area (Å²) >= 11 is 15.8. The Morgan fingerprint density at radius 2 is 2.11 bits per heavy atom. The maximum atomic E-state index is 6.30. The van der Waals surface area contributed by atoms with E-state index in [-0.39, 0.29) is 0 Å². The summed E-state index contributed by atoms with van der Waals surface area (Å²) in [5, 5.41) is 9.06. The second-order valence-electron chi connectivity index (χ2n) is 4.16. The quantitative estimate of drug-likeness (QED) is 0.856. The van der Waals surface area contributed by atoms with Gasteiger partial charge in [0.05, 0.1) is 33.7 Å². The van der Waals surface area contributed by atoms with E-state index in [1.54, 1.807) is 4.68 Å². The van der Waals surface area contributed by atoms with Gasteiger partial charge in [0.1, 0.15) is 0 Å². The van der Waals surface area contributed by atoms with Gasteiger partial charge in [0.15, 0.2) is 0 Å². The van der Waals surface area contributed by atoms with Gasteiger partial charge >= 0.3 is 0 Å². The summed E-state index contributed by atoms with van der Waals surface area (Å²) in [6.07, 6.45) is 0.825. The van der Waals surface area contributed by atoms with Crippen LogP contribution in [-0.4, -0.2) is 9.78 Å². The fourth-order valence-corrected chi connectivity index (χ4v) is 2.92. The van der Waals surface area contributed by atoms with Crippen LogP contribution in [0.25, 0.3) is 0 Å². The van der Waals surface area contributed by atoms with Gasteiger partial charge in [0.2, 0.25) is 0 Å². The van der Waals surface area contributed by atoms with Crippen molar-refractivity contribution in [3.05, 3.63) is 44.1 Å². The monoisotopic (exact) mass is 361 g/mol.